The number of ether oxygens (including phenoxy) is 1. The van der Waals surface area contributed by atoms with E-state index in [1.165, 1.54) is 17.8 Å². The summed E-state index contributed by atoms with van der Waals surface area (Å²) in [5.41, 5.74) is 0.673. The first kappa shape index (κ1) is 16.0. The van der Waals surface area contributed by atoms with E-state index in [2.05, 4.69) is 11.8 Å². The minimum atomic E-state index is 0.00984. The molecule has 1 aromatic heterocycles. The van der Waals surface area contributed by atoms with Gasteiger partial charge in [-0.3, -0.25) is 4.79 Å². The molecule has 0 saturated carbocycles. The van der Waals surface area contributed by atoms with Gasteiger partial charge in [-0.1, -0.05) is 11.8 Å². The summed E-state index contributed by atoms with van der Waals surface area (Å²) in [6, 6.07) is 1.82. The summed E-state index contributed by atoms with van der Waals surface area (Å²) in [5, 5.41) is 10.5. The van der Waals surface area contributed by atoms with Gasteiger partial charge in [0.25, 0.3) is 5.91 Å². The summed E-state index contributed by atoms with van der Waals surface area (Å²) in [4.78, 5) is 14.9. The molecule has 1 fully saturated rings. The van der Waals surface area contributed by atoms with Crippen molar-refractivity contribution >= 4 is 17.2 Å². The Hall–Kier alpha value is -1.35. The van der Waals surface area contributed by atoms with E-state index in [1.54, 1.807) is 4.90 Å². The van der Waals surface area contributed by atoms with E-state index in [0.29, 0.717) is 18.5 Å². The van der Waals surface area contributed by atoms with Crippen molar-refractivity contribution in [2.24, 2.45) is 0 Å². The average molecular weight is 307 g/mol. The van der Waals surface area contributed by atoms with E-state index in [-0.39, 0.29) is 18.6 Å². The Bertz CT molecular complexity index is 523. The van der Waals surface area contributed by atoms with Gasteiger partial charge in [0.1, 0.15) is 0 Å². The van der Waals surface area contributed by atoms with Crippen LogP contribution in [0.1, 0.15) is 40.9 Å². The normalized spacial score (nSPS) is 17.9. The van der Waals surface area contributed by atoms with E-state index in [9.17, 15) is 4.79 Å². The van der Waals surface area contributed by atoms with Crippen molar-refractivity contribution < 1.29 is 14.6 Å². The lowest BCUT2D eigenvalue weighted by molar-refractivity contribution is -0.000177. The molecule has 0 spiro atoms. The number of amides is 1. The first-order chi connectivity index (χ1) is 10.2. The fraction of sp³-hybridized carbons (Fsp3) is 0.562. The second-order valence-electron chi connectivity index (χ2n) is 5.15. The van der Waals surface area contributed by atoms with Crippen molar-refractivity contribution in [1.82, 2.24) is 4.90 Å². The molecule has 1 N–H and O–H groups in total. The highest BCUT2D eigenvalue weighted by molar-refractivity contribution is 7.10. The molecule has 1 aliphatic heterocycles. The van der Waals surface area contributed by atoms with Crippen LogP contribution in [0.25, 0.3) is 0 Å². The molecule has 1 unspecified atom stereocenters. The number of hydrogen-bond acceptors (Lipinski definition) is 4. The lowest BCUT2D eigenvalue weighted by Gasteiger charge is -2.27. The molecule has 1 amide bonds. The van der Waals surface area contributed by atoms with Gasteiger partial charge >= 0.3 is 0 Å². The van der Waals surface area contributed by atoms with Gasteiger partial charge in [0, 0.05) is 32.0 Å². The Labute approximate surface area is 129 Å². The van der Waals surface area contributed by atoms with Gasteiger partial charge in [-0.05, 0) is 25.3 Å². The van der Waals surface area contributed by atoms with E-state index >= 15 is 0 Å². The van der Waals surface area contributed by atoms with E-state index < -0.39 is 0 Å². The summed E-state index contributed by atoms with van der Waals surface area (Å²) in [7, 11) is 1.81. The molecule has 1 atom stereocenters. The Balaban J connectivity index is 1.91. The van der Waals surface area contributed by atoms with Crippen molar-refractivity contribution in [3.8, 4) is 11.8 Å². The van der Waals surface area contributed by atoms with Gasteiger partial charge in [-0.2, -0.15) is 0 Å². The second-order valence-corrected chi connectivity index (χ2v) is 6.06. The third-order valence-electron chi connectivity index (χ3n) is 3.39. The van der Waals surface area contributed by atoms with Crippen molar-refractivity contribution in [3.63, 3.8) is 0 Å². The standard InChI is InChI=1S/C16H21NO3S/c1-17(11-14-6-3-5-9-20-14)16(19)13-10-15(21-12-13)7-2-4-8-18/h10,12,14,18H,3-6,8-9,11H2,1H3. The SMILES string of the molecule is CN(CC1CCCCO1)C(=O)c1csc(C#CCCO)c1. The Morgan fingerprint density at radius 3 is 3.14 bits per heavy atom. The van der Waals surface area contributed by atoms with Crippen LogP contribution in [0, 0.1) is 11.8 Å². The van der Waals surface area contributed by atoms with Gasteiger partial charge < -0.3 is 14.7 Å². The number of aliphatic hydroxyl groups is 1. The van der Waals surface area contributed by atoms with Crippen LogP contribution in [0.4, 0.5) is 0 Å². The molecule has 1 saturated heterocycles. The van der Waals surface area contributed by atoms with Crippen molar-refractivity contribution in [2.75, 3.05) is 26.8 Å². The van der Waals surface area contributed by atoms with Crippen LogP contribution in [0.3, 0.4) is 0 Å². The fourth-order valence-electron chi connectivity index (χ4n) is 2.28. The molecular weight excluding hydrogens is 286 g/mol. The van der Waals surface area contributed by atoms with Crippen LogP contribution in [0.2, 0.25) is 0 Å². The largest absolute Gasteiger partial charge is 0.395 e. The lowest BCUT2D eigenvalue weighted by Crippen LogP contribution is -2.36. The summed E-state index contributed by atoms with van der Waals surface area (Å²) in [6.45, 7) is 1.50. The molecule has 0 aliphatic carbocycles. The van der Waals surface area contributed by atoms with Gasteiger partial charge in [-0.25, -0.2) is 0 Å². The summed E-state index contributed by atoms with van der Waals surface area (Å²) in [6.07, 6.45) is 3.94. The van der Waals surface area contributed by atoms with Crippen molar-refractivity contribution in [1.29, 1.82) is 0 Å². The number of rotatable bonds is 4. The molecule has 0 bridgehead atoms. The Morgan fingerprint density at radius 2 is 2.43 bits per heavy atom. The van der Waals surface area contributed by atoms with Crippen LogP contribution >= 0.6 is 11.3 Å². The van der Waals surface area contributed by atoms with Gasteiger partial charge in [-0.15, -0.1) is 11.3 Å². The number of carbonyl (C=O) groups is 1. The molecule has 2 rings (SSSR count). The molecule has 1 aromatic rings. The van der Waals surface area contributed by atoms with E-state index in [1.807, 2.05) is 18.5 Å². The minimum absolute atomic E-state index is 0.00984. The molecule has 114 valence electrons. The molecule has 2 heterocycles. The number of thiophene rings is 1. The lowest BCUT2D eigenvalue weighted by atomic mass is 10.1. The van der Waals surface area contributed by atoms with Crippen molar-refractivity contribution in [2.45, 2.75) is 31.8 Å². The molecule has 0 aromatic carbocycles. The minimum Gasteiger partial charge on any atom is -0.395 e. The highest BCUT2D eigenvalue weighted by Crippen LogP contribution is 2.17. The van der Waals surface area contributed by atoms with Crippen molar-refractivity contribution in [3.05, 3.63) is 21.9 Å². The number of likely N-dealkylation sites (N-methyl/N-ethyl adjacent to an activating group) is 1. The Morgan fingerprint density at radius 1 is 1.57 bits per heavy atom. The van der Waals surface area contributed by atoms with E-state index in [4.69, 9.17) is 9.84 Å². The van der Waals surface area contributed by atoms with Crippen LogP contribution in [-0.2, 0) is 4.74 Å². The molecule has 21 heavy (non-hydrogen) atoms. The van der Waals surface area contributed by atoms with Crippen LogP contribution < -0.4 is 0 Å². The summed E-state index contributed by atoms with van der Waals surface area (Å²) in [5.74, 6) is 5.83. The van der Waals surface area contributed by atoms with Crippen LogP contribution in [0.5, 0.6) is 0 Å². The third kappa shape index (κ3) is 4.85. The highest BCUT2D eigenvalue weighted by Gasteiger charge is 2.20. The zero-order chi connectivity index (χ0) is 15.1. The predicted molar refractivity (Wildman–Crippen MR) is 83.5 cm³/mol. The smallest absolute Gasteiger partial charge is 0.254 e. The summed E-state index contributed by atoms with van der Waals surface area (Å²) < 4.78 is 5.67. The van der Waals surface area contributed by atoms with Gasteiger partial charge in [0.15, 0.2) is 0 Å². The average Bonchev–Trinajstić information content (AvgIpc) is 2.96. The maximum absolute atomic E-state index is 12.4. The molecule has 1 aliphatic rings. The zero-order valence-corrected chi connectivity index (χ0v) is 13.1. The number of nitrogens with zero attached hydrogens (tertiary/aromatic N) is 1. The van der Waals surface area contributed by atoms with Gasteiger partial charge in [0.2, 0.25) is 0 Å². The molecule has 0 radical (unpaired) electrons. The summed E-state index contributed by atoms with van der Waals surface area (Å²) >= 11 is 1.46. The quantitative estimate of drug-likeness (QED) is 0.867. The second kappa shape index (κ2) is 8.18. The molecule has 4 nitrogen and oxygen atoms in total. The predicted octanol–water partition coefficient (Wildman–Crippen LogP) is 2.12. The number of carbonyl (C=O) groups excluding carboxylic acids is 1. The molecule has 5 heteroatoms. The fourth-order valence-corrected chi connectivity index (χ4v) is 3.03. The van der Waals surface area contributed by atoms with Gasteiger partial charge in [0.05, 0.1) is 23.2 Å². The number of aliphatic hydroxyl groups excluding tert-OH is 1. The first-order valence-corrected chi connectivity index (χ1v) is 8.14. The molecular formula is C16H21NO3S. The Kier molecular flexibility index (Phi) is 6.24. The van der Waals surface area contributed by atoms with Crippen LogP contribution in [0.15, 0.2) is 11.4 Å². The van der Waals surface area contributed by atoms with E-state index in [0.717, 1.165) is 24.3 Å². The first-order valence-electron chi connectivity index (χ1n) is 7.26. The topological polar surface area (TPSA) is 49.8 Å². The zero-order valence-electron chi connectivity index (χ0n) is 12.3. The maximum atomic E-state index is 12.4. The third-order valence-corrected chi connectivity index (χ3v) is 4.24. The monoisotopic (exact) mass is 307 g/mol. The maximum Gasteiger partial charge on any atom is 0.254 e. The number of hydrogen-bond donors (Lipinski definition) is 1. The van der Waals surface area contributed by atoms with Crippen LogP contribution in [-0.4, -0.2) is 48.8 Å². The highest BCUT2D eigenvalue weighted by atomic mass is 32.1.